The van der Waals surface area contributed by atoms with Gasteiger partial charge in [0.25, 0.3) is 0 Å². The van der Waals surface area contributed by atoms with Gasteiger partial charge in [-0.05, 0) is 38.4 Å². The molecule has 0 radical (unpaired) electrons. The molecule has 0 bridgehead atoms. The lowest BCUT2D eigenvalue weighted by molar-refractivity contribution is 0.0230. The Morgan fingerprint density at radius 2 is 2.25 bits per heavy atom. The molecular formula is C16H27N3O. The van der Waals surface area contributed by atoms with E-state index in [0.29, 0.717) is 12.6 Å². The van der Waals surface area contributed by atoms with E-state index in [0.717, 1.165) is 30.5 Å². The minimum atomic E-state index is 0.230. The van der Waals surface area contributed by atoms with Crippen LogP contribution in [0.4, 0.5) is 0 Å². The second-order valence-corrected chi connectivity index (χ2v) is 6.25. The minimum absolute atomic E-state index is 0.230. The molecule has 2 N–H and O–H groups in total. The summed E-state index contributed by atoms with van der Waals surface area (Å²) in [7, 11) is 0. The third-order valence-corrected chi connectivity index (χ3v) is 4.97. The highest BCUT2D eigenvalue weighted by atomic mass is 16.3. The molecule has 3 rings (SSSR count). The van der Waals surface area contributed by atoms with Gasteiger partial charge in [0.15, 0.2) is 0 Å². The van der Waals surface area contributed by atoms with Crippen LogP contribution in [0.2, 0.25) is 0 Å². The Bertz CT molecular complexity index is 445. The van der Waals surface area contributed by atoms with Crippen LogP contribution < -0.4 is 5.73 Å². The quantitative estimate of drug-likeness (QED) is 0.914. The minimum Gasteiger partial charge on any atom is -0.464 e. The standard InChI is InChI=1S/C16H27N3O/c1-3-14-6-7-16(20-14)15(9-17)19-11-13-5-4-8-18(13)10-12(19)2/h6-7,12-13,15H,3-5,8-11,17H2,1-2H3. The van der Waals surface area contributed by atoms with Crippen molar-refractivity contribution in [3.63, 3.8) is 0 Å². The lowest BCUT2D eigenvalue weighted by Gasteiger charge is -2.45. The van der Waals surface area contributed by atoms with E-state index >= 15 is 0 Å². The fourth-order valence-electron chi connectivity index (χ4n) is 3.82. The number of hydrogen-bond acceptors (Lipinski definition) is 4. The molecule has 3 unspecified atom stereocenters. The largest absolute Gasteiger partial charge is 0.464 e. The molecule has 3 atom stereocenters. The van der Waals surface area contributed by atoms with Crippen molar-refractivity contribution < 1.29 is 4.42 Å². The molecule has 1 aromatic rings. The van der Waals surface area contributed by atoms with Crippen molar-refractivity contribution in [2.75, 3.05) is 26.2 Å². The first kappa shape index (κ1) is 14.1. The monoisotopic (exact) mass is 277 g/mol. The zero-order valence-electron chi connectivity index (χ0n) is 12.7. The fraction of sp³-hybridized carbons (Fsp3) is 0.750. The average molecular weight is 277 g/mol. The van der Waals surface area contributed by atoms with Gasteiger partial charge in [-0.15, -0.1) is 0 Å². The van der Waals surface area contributed by atoms with E-state index in [2.05, 4.69) is 35.8 Å². The number of piperazine rings is 1. The molecule has 0 aliphatic carbocycles. The van der Waals surface area contributed by atoms with E-state index in [1.807, 2.05) is 0 Å². The van der Waals surface area contributed by atoms with Gasteiger partial charge in [0.1, 0.15) is 11.5 Å². The van der Waals surface area contributed by atoms with Gasteiger partial charge in [-0.25, -0.2) is 0 Å². The first-order valence-corrected chi connectivity index (χ1v) is 8.01. The predicted molar refractivity (Wildman–Crippen MR) is 80.6 cm³/mol. The van der Waals surface area contributed by atoms with Gasteiger partial charge in [-0.1, -0.05) is 6.92 Å². The zero-order valence-corrected chi connectivity index (χ0v) is 12.7. The van der Waals surface area contributed by atoms with Crippen molar-refractivity contribution in [2.24, 2.45) is 5.73 Å². The number of nitrogens with zero attached hydrogens (tertiary/aromatic N) is 2. The average Bonchev–Trinajstić information content (AvgIpc) is 3.08. The Labute approximate surface area is 121 Å². The van der Waals surface area contributed by atoms with Crippen molar-refractivity contribution in [3.05, 3.63) is 23.7 Å². The van der Waals surface area contributed by atoms with E-state index in [-0.39, 0.29) is 6.04 Å². The maximum absolute atomic E-state index is 6.07. The van der Waals surface area contributed by atoms with Crippen molar-refractivity contribution in [1.82, 2.24) is 9.80 Å². The van der Waals surface area contributed by atoms with Crippen LogP contribution in [-0.4, -0.2) is 48.1 Å². The van der Waals surface area contributed by atoms with E-state index in [1.54, 1.807) is 0 Å². The zero-order chi connectivity index (χ0) is 14.1. The van der Waals surface area contributed by atoms with Crippen molar-refractivity contribution in [2.45, 2.75) is 51.2 Å². The van der Waals surface area contributed by atoms with Gasteiger partial charge in [-0.3, -0.25) is 9.80 Å². The summed E-state index contributed by atoms with van der Waals surface area (Å²) in [6.07, 6.45) is 3.63. The lowest BCUT2D eigenvalue weighted by atomic mass is 10.0. The number of aryl methyl sites for hydroxylation is 1. The number of fused-ring (bicyclic) bond motifs is 1. The molecule has 4 nitrogen and oxygen atoms in total. The lowest BCUT2D eigenvalue weighted by Crippen LogP contribution is -2.56. The molecule has 112 valence electrons. The first-order valence-electron chi connectivity index (χ1n) is 8.01. The van der Waals surface area contributed by atoms with Gasteiger partial charge in [0.2, 0.25) is 0 Å². The Morgan fingerprint density at radius 1 is 1.40 bits per heavy atom. The van der Waals surface area contributed by atoms with Gasteiger partial charge >= 0.3 is 0 Å². The maximum atomic E-state index is 6.07. The molecule has 4 heteroatoms. The molecule has 2 saturated heterocycles. The Kier molecular flexibility index (Phi) is 4.15. The summed E-state index contributed by atoms with van der Waals surface area (Å²) in [5, 5.41) is 0. The summed E-state index contributed by atoms with van der Waals surface area (Å²) in [6.45, 7) is 8.65. The summed E-state index contributed by atoms with van der Waals surface area (Å²) < 4.78 is 5.96. The topological polar surface area (TPSA) is 45.6 Å². The van der Waals surface area contributed by atoms with E-state index < -0.39 is 0 Å². The molecule has 2 aliphatic rings. The van der Waals surface area contributed by atoms with E-state index in [4.69, 9.17) is 10.2 Å². The van der Waals surface area contributed by atoms with Crippen molar-refractivity contribution in [1.29, 1.82) is 0 Å². The van der Waals surface area contributed by atoms with Crippen LogP contribution in [0, 0.1) is 0 Å². The normalized spacial score (nSPS) is 29.6. The molecule has 0 spiro atoms. The van der Waals surface area contributed by atoms with Gasteiger partial charge < -0.3 is 10.2 Å². The summed E-state index contributed by atoms with van der Waals surface area (Å²) >= 11 is 0. The van der Waals surface area contributed by atoms with Gasteiger partial charge in [-0.2, -0.15) is 0 Å². The third kappa shape index (κ3) is 2.52. The number of nitrogens with two attached hydrogens (primary N) is 1. The summed E-state index contributed by atoms with van der Waals surface area (Å²) in [4.78, 5) is 5.21. The third-order valence-electron chi connectivity index (χ3n) is 4.97. The smallest absolute Gasteiger partial charge is 0.122 e. The van der Waals surface area contributed by atoms with E-state index in [9.17, 15) is 0 Å². The molecule has 3 heterocycles. The molecule has 0 aromatic carbocycles. The molecule has 2 fully saturated rings. The fourth-order valence-corrected chi connectivity index (χ4v) is 3.82. The molecule has 0 saturated carbocycles. The number of furan rings is 1. The van der Waals surface area contributed by atoms with Crippen LogP contribution in [-0.2, 0) is 6.42 Å². The molecular weight excluding hydrogens is 250 g/mol. The highest BCUT2D eigenvalue weighted by molar-refractivity contribution is 5.12. The number of hydrogen-bond donors (Lipinski definition) is 1. The molecule has 1 aromatic heterocycles. The second kappa shape index (κ2) is 5.88. The molecule has 0 amide bonds. The molecule has 20 heavy (non-hydrogen) atoms. The van der Waals surface area contributed by atoms with Crippen LogP contribution >= 0.6 is 0 Å². The number of rotatable bonds is 4. The highest BCUT2D eigenvalue weighted by Crippen LogP contribution is 2.31. The highest BCUT2D eigenvalue weighted by Gasteiger charge is 2.38. The summed E-state index contributed by atoms with van der Waals surface area (Å²) in [6, 6.07) is 5.71. The van der Waals surface area contributed by atoms with Crippen LogP contribution in [0.1, 0.15) is 44.3 Å². The van der Waals surface area contributed by atoms with Gasteiger partial charge in [0, 0.05) is 38.1 Å². The van der Waals surface area contributed by atoms with Crippen molar-refractivity contribution in [3.8, 4) is 0 Å². The van der Waals surface area contributed by atoms with Crippen LogP contribution in [0.3, 0.4) is 0 Å². The predicted octanol–water partition coefficient (Wildman–Crippen LogP) is 2.01. The summed E-state index contributed by atoms with van der Waals surface area (Å²) in [5.74, 6) is 2.10. The van der Waals surface area contributed by atoms with Gasteiger partial charge in [0.05, 0.1) is 6.04 Å². The Balaban J connectivity index is 1.77. The first-order chi connectivity index (χ1) is 9.72. The SMILES string of the molecule is CCc1ccc(C(CN)N2CC3CCCN3CC2C)o1. The molecule has 2 aliphatic heterocycles. The second-order valence-electron chi connectivity index (χ2n) is 6.25. The Hall–Kier alpha value is -0.840. The van der Waals surface area contributed by atoms with Crippen LogP contribution in [0.15, 0.2) is 16.5 Å². The van der Waals surface area contributed by atoms with Crippen LogP contribution in [0.25, 0.3) is 0 Å². The van der Waals surface area contributed by atoms with Crippen LogP contribution in [0.5, 0.6) is 0 Å². The van der Waals surface area contributed by atoms with Crippen molar-refractivity contribution >= 4 is 0 Å². The maximum Gasteiger partial charge on any atom is 0.122 e. The Morgan fingerprint density at radius 3 is 2.95 bits per heavy atom. The summed E-state index contributed by atoms with van der Waals surface area (Å²) in [5.41, 5.74) is 6.07. The van der Waals surface area contributed by atoms with E-state index in [1.165, 1.54) is 25.9 Å².